The third kappa shape index (κ3) is 5.03. The molecule has 0 N–H and O–H groups in total. The minimum atomic E-state index is -4.79. The largest absolute Gasteiger partial charge is 0.573 e. The summed E-state index contributed by atoms with van der Waals surface area (Å²) >= 11 is 0. The Hall–Kier alpha value is -3.89. The highest BCUT2D eigenvalue weighted by molar-refractivity contribution is 5.77. The number of fused-ring (bicyclic) bond motifs is 1. The summed E-state index contributed by atoms with van der Waals surface area (Å²) in [6, 6.07) is 11.8. The first-order valence-corrected chi connectivity index (χ1v) is 10.7. The number of aromatic nitrogens is 4. The molecule has 0 radical (unpaired) electrons. The quantitative estimate of drug-likeness (QED) is 0.353. The van der Waals surface area contributed by atoms with Gasteiger partial charge in [-0.1, -0.05) is 37.1 Å². The minimum Gasteiger partial charge on any atom is -0.406 e. The maximum atomic E-state index is 13.2. The number of nitrogens with zero attached hydrogens (tertiary/aromatic N) is 4. The smallest absolute Gasteiger partial charge is 0.406 e. The molecule has 0 atom stereocenters. The molecule has 178 valence electrons. The summed E-state index contributed by atoms with van der Waals surface area (Å²) in [7, 11) is 0. The first-order valence-electron chi connectivity index (χ1n) is 10.7. The molecule has 0 amide bonds. The van der Waals surface area contributed by atoms with Crippen LogP contribution in [0, 0.1) is 0 Å². The Kier molecular flexibility index (Phi) is 6.53. The van der Waals surface area contributed by atoms with Crippen molar-refractivity contribution in [2.75, 3.05) is 0 Å². The summed E-state index contributed by atoms with van der Waals surface area (Å²) in [5, 5.41) is 4.27. The molecular formula is C23H21F3N4O4. The van der Waals surface area contributed by atoms with E-state index >= 15 is 0 Å². The van der Waals surface area contributed by atoms with Gasteiger partial charge in [-0.3, -0.25) is 13.9 Å². The lowest BCUT2D eigenvalue weighted by molar-refractivity contribution is -0.274. The van der Waals surface area contributed by atoms with Crippen molar-refractivity contribution in [3.63, 3.8) is 0 Å². The fourth-order valence-electron chi connectivity index (χ4n) is 3.62. The summed E-state index contributed by atoms with van der Waals surface area (Å²) < 4.78 is 48.8. The second kappa shape index (κ2) is 9.54. The number of ether oxygens (including phenoxy) is 1. The third-order valence-corrected chi connectivity index (χ3v) is 5.23. The lowest BCUT2D eigenvalue weighted by atomic mass is 10.2. The number of unbranched alkanes of at least 4 members (excludes halogenated alkanes) is 2. The van der Waals surface area contributed by atoms with Crippen LogP contribution < -0.4 is 16.0 Å². The van der Waals surface area contributed by atoms with E-state index in [0.29, 0.717) is 29.4 Å². The van der Waals surface area contributed by atoms with E-state index in [1.54, 1.807) is 24.3 Å². The molecule has 0 unspecified atom stereocenters. The van der Waals surface area contributed by atoms with Crippen LogP contribution in [0.4, 0.5) is 13.2 Å². The van der Waals surface area contributed by atoms with E-state index in [2.05, 4.69) is 14.9 Å². The molecule has 0 aliphatic carbocycles. The van der Waals surface area contributed by atoms with Gasteiger partial charge in [-0.05, 0) is 42.8 Å². The Morgan fingerprint density at radius 3 is 2.44 bits per heavy atom. The van der Waals surface area contributed by atoms with Crippen molar-refractivity contribution in [2.45, 2.75) is 45.6 Å². The fraction of sp³-hybridized carbons (Fsp3) is 0.304. The van der Waals surface area contributed by atoms with Crippen LogP contribution >= 0.6 is 0 Å². The Morgan fingerprint density at radius 2 is 1.74 bits per heavy atom. The lowest BCUT2D eigenvalue weighted by Gasteiger charge is -2.12. The maximum Gasteiger partial charge on any atom is 0.573 e. The van der Waals surface area contributed by atoms with Crippen LogP contribution in [0.2, 0.25) is 0 Å². The summed E-state index contributed by atoms with van der Waals surface area (Å²) in [6.07, 6.45) is -2.25. The van der Waals surface area contributed by atoms with Crippen molar-refractivity contribution >= 4 is 10.9 Å². The van der Waals surface area contributed by atoms with Crippen LogP contribution in [-0.2, 0) is 13.1 Å². The molecule has 2 aromatic carbocycles. The van der Waals surface area contributed by atoms with Crippen molar-refractivity contribution in [1.82, 2.24) is 19.3 Å². The Balaban J connectivity index is 1.65. The van der Waals surface area contributed by atoms with Crippen LogP contribution in [0.3, 0.4) is 0 Å². The first-order chi connectivity index (χ1) is 16.3. The highest BCUT2D eigenvalue weighted by atomic mass is 19.4. The molecule has 0 aliphatic rings. The van der Waals surface area contributed by atoms with Crippen molar-refractivity contribution < 1.29 is 22.4 Å². The van der Waals surface area contributed by atoms with Crippen LogP contribution in [0.1, 0.15) is 32.1 Å². The zero-order chi connectivity index (χ0) is 24.3. The van der Waals surface area contributed by atoms with Gasteiger partial charge in [-0.2, -0.15) is 4.98 Å². The number of halogens is 3. The van der Waals surface area contributed by atoms with Gasteiger partial charge in [0.25, 0.3) is 5.56 Å². The first kappa shape index (κ1) is 23.3. The molecule has 0 aliphatic heterocycles. The van der Waals surface area contributed by atoms with Gasteiger partial charge in [-0.15, -0.1) is 13.2 Å². The van der Waals surface area contributed by atoms with Gasteiger partial charge >= 0.3 is 12.1 Å². The summed E-state index contributed by atoms with van der Waals surface area (Å²) in [5.41, 5.74) is 0.0254. The predicted octanol–water partition coefficient (Wildman–Crippen LogP) is 4.35. The van der Waals surface area contributed by atoms with Gasteiger partial charge < -0.3 is 9.26 Å². The average molecular weight is 474 g/mol. The van der Waals surface area contributed by atoms with Gasteiger partial charge in [0.1, 0.15) is 12.3 Å². The normalized spacial score (nSPS) is 11.8. The molecule has 4 rings (SSSR count). The summed E-state index contributed by atoms with van der Waals surface area (Å²) in [5.74, 6) is -0.123. The average Bonchev–Trinajstić information content (AvgIpc) is 3.27. The number of para-hydroxylation sites is 1. The zero-order valence-electron chi connectivity index (χ0n) is 18.2. The fourth-order valence-corrected chi connectivity index (χ4v) is 3.62. The molecule has 11 heteroatoms. The van der Waals surface area contributed by atoms with E-state index in [9.17, 15) is 22.8 Å². The standard InChI is InChI=1S/C23H21F3N4O4/c1-2-3-6-13-29-21(31)17-7-4-5-8-18(17)30(22(29)32)14-19-27-20(28-34-19)15-9-11-16(12-10-15)33-23(24,25)26/h4-5,7-12H,2-3,6,13-14H2,1H3. The monoisotopic (exact) mass is 474 g/mol. The number of rotatable bonds is 8. The molecule has 34 heavy (non-hydrogen) atoms. The summed E-state index contributed by atoms with van der Waals surface area (Å²) in [6.45, 7) is 2.26. The Labute approximate surface area is 191 Å². The van der Waals surface area contributed by atoms with Crippen molar-refractivity contribution in [2.24, 2.45) is 0 Å². The molecule has 0 saturated carbocycles. The highest BCUT2D eigenvalue weighted by Crippen LogP contribution is 2.25. The molecule has 4 aromatic rings. The Morgan fingerprint density at radius 1 is 1.00 bits per heavy atom. The van der Waals surface area contributed by atoms with Gasteiger partial charge in [0.05, 0.1) is 10.9 Å². The number of hydrogen-bond acceptors (Lipinski definition) is 6. The zero-order valence-corrected chi connectivity index (χ0v) is 18.2. The predicted molar refractivity (Wildman–Crippen MR) is 118 cm³/mol. The number of hydrogen-bond donors (Lipinski definition) is 0. The van der Waals surface area contributed by atoms with Gasteiger partial charge in [0.2, 0.25) is 11.7 Å². The second-order valence-corrected chi connectivity index (χ2v) is 7.63. The highest BCUT2D eigenvalue weighted by Gasteiger charge is 2.31. The topological polar surface area (TPSA) is 92.2 Å². The summed E-state index contributed by atoms with van der Waals surface area (Å²) in [4.78, 5) is 30.3. The molecule has 2 aromatic heterocycles. The molecule has 0 spiro atoms. The molecule has 8 nitrogen and oxygen atoms in total. The van der Waals surface area contributed by atoms with Gasteiger partial charge in [0.15, 0.2) is 0 Å². The van der Waals surface area contributed by atoms with Crippen LogP contribution in [0.5, 0.6) is 5.75 Å². The van der Waals surface area contributed by atoms with Crippen LogP contribution in [0.15, 0.2) is 62.6 Å². The lowest BCUT2D eigenvalue weighted by Crippen LogP contribution is -2.40. The van der Waals surface area contributed by atoms with Crippen molar-refractivity contribution in [3.8, 4) is 17.1 Å². The molecule has 2 heterocycles. The van der Waals surface area contributed by atoms with Crippen molar-refractivity contribution in [1.29, 1.82) is 0 Å². The van der Waals surface area contributed by atoms with E-state index < -0.39 is 12.1 Å². The second-order valence-electron chi connectivity index (χ2n) is 7.63. The number of alkyl halides is 3. The Bertz CT molecular complexity index is 1400. The van der Waals surface area contributed by atoms with Gasteiger partial charge in [0, 0.05) is 12.1 Å². The number of benzene rings is 2. The minimum absolute atomic E-state index is 0.0737. The van der Waals surface area contributed by atoms with E-state index in [0.717, 1.165) is 25.0 Å². The molecule has 0 saturated heterocycles. The van der Waals surface area contributed by atoms with Gasteiger partial charge in [-0.25, -0.2) is 4.79 Å². The van der Waals surface area contributed by atoms with E-state index in [1.807, 2.05) is 6.92 Å². The SMILES string of the molecule is CCCCCn1c(=O)c2ccccc2n(Cc2nc(-c3ccc(OC(F)(F)F)cc3)no2)c1=O. The van der Waals surface area contributed by atoms with Crippen LogP contribution in [0.25, 0.3) is 22.3 Å². The van der Waals surface area contributed by atoms with Crippen LogP contribution in [-0.4, -0.2) is 25.6 Å². The van der Waals surface area contributed by atoms with Crippen molar-refractivity contribution in [3.05, 3.63) is 75.3 Å². The molecule has 0 fully saturated rings. The molecule has 0 bridgehead atoms. The molecular weight excluding hydrogens is 453 g/mol. The van der Waals surface area contributed by atoms with E-state index in [4.69, 9.17) is 4.52 Å². The van der Waals surface area contributed by atoms with E-state index in [-0.39, 0.29) is 29.6 Å². The van der Waals surface area contributed by atoms with E-state index in [1.165, 1.54) is 21.3 Å². The maximum absolute atomic E-state index is 13.2. The third-order valence-electron chi connectivity index (χ3n) is 5.23.